The Labute approximate surface area is 204 Å². The highest BCUT2D eigenvalue weighted by molar-refractivity contribution is 7.92. The van der Waals surface area contributed by atoms with Crippen LogP contribution in [0.5, 0.6) is 5.75 Å². The number of anilines is 2. The Morgan fingerprint density at radius 3 is 2.38 bits per heavy atom. The summed E-state index contributed by atoms with van der Waals surface area (Å²) in [6, 6.07) is 15.0. The number of sulfonamides is 1. The maximum atomic E-state index is 12.9. The Morgan fingerprint density at radius 2 is 1.82 bits per heavy atom. The maximum Gasteiger partial charge on any atom is 0.261 e. The fourth-order valence-corrected chi connectivity index (χ4v) is 4.70. The van der Waals surface area contributed by atoms with E-state index in [0.29, 0.717) is 17.9 Å². The van der Waals surface area contributed by atoms with E-state index in [0.717, 1.165) is 30.8 Å². The van der Waals surface area contributed by atoms with Crippen molar-refractivity contribution in [3.05, 3.63) is 54.1 Å². The second-order valence-electron chi connectivity index (χ2n) is 9.25. The fraction of sp³-hybridized carbons (Fsp3) is 0.500. The zero-order chi connectivity index (χ0) is 24.9. The highest BCUT2D eigenvalue weighted by Crippen LogP contribution is 2.25. The number of carbonyl (C=O) groups is 1. The summed E-state index contributed by atoms with van der Waals surface area (Å²) in [7, 11) is -1.84. The molecule has 1 aliphatic heterocycles. The lowest BCUT2D eigenvalue weighted by Gasteiger charge is -2.33. The minimum atomic E-state index is -3.34. The molecule has 7 nitrogen and oxygen atoms in total. The summed E-state index contributed by atoms with van der Waals surface area (Å²) < 4.78 is 30.5. The summed E-state index contributed by atoms with van der Waals surface area (Å²) in [6.45, 7) is 8.35. The van der Waals surface area contributed by atoms with Crippen LogP contribution >= 0.6 is 0 Å². The SMILES string of the molecule is CC[C@@H](Oc1ccc(N(C)S(C)(=O)=O)cc1)C(=O)N[C@@H](C)c1ccc(N2CCC[C@@H](C)C2)cc1. The number of amides is 1. The fourth-order valence-electron chi connectivity index (χ4n) is 4.20. The van der Waals surface area contributed by atoms with Crippen molar-refractivity contribution in [1.29, 1.82) is 0 Å². The molecule has 0 spiro atoms. The summed E-state index contributed by atoms with van der Waals surface area (Å²) in [5.74, 6) is 1.05. The summed E-state index contributed by atoms with van der Waals surface area (Å²) in [5, 5.41) is 3.06. The van der Waals surface area contributed by atoms with Gasteiger partial charge < -0.3 is 15.0 Å². The lowest BCUT2D eigenvalue weighted by atomic mass is 9.99. The van der Waals surface area contributed by atoms with Gasteiger partial charge in [-0.2, -0.15) is 0 Å². The molecule has 3 rings (SSSR count). The first-order chi connectivity index (χ1) is 16.1. The molecule has 0 saturated carbocycles. The topological polar surface area (TPSA) is 78.9 Å². The molecule has 3 atom stereocenters. The van der Waals surface area contributed by atoms with Crippen LogP contribution in [0.15, 0.2) is 48.5 Å². The predicted octanol–water partition coefficient (Wildman–Crippen LogP) is 4.35. The Bertz CT molecular complexity index is 1050. The van der Waals surface area contributed by atoms with Crippen molar-refractivity contribution in [3.63, 3.8) is 0 Å². The van der Waals surface area contributed by atoms with Gasteiger partial charge in [-0.05, 0) is 74.1 Å². The van der Waals surface area contributed by atoms with Crippen molar-refractivity contribution in [2.45, 2.75) is 52.2 Å². The summed E-state index contributed by atoms with van der Waals surface area (Å²) in [4.78, 5) is 15.3. The van der Waals surface area contributed by atoms with Gasteiger partial charge in [0.25, 0.3) is 5.91 Å². The number of hydrogen-bond acceptors (Lipinski definition) is 5. The highest BCUT2D eigenvalue weighted by Gasteiger charge is 2.22. The number of benzene rings is 2. The van der Waals surface area contributed by atoms with Crippen molar-refractivity contribution in [2.75, 3.05) is 35.6 Å². The molecule has 1 N–H and O–H groups in total. The molecule has 34 heavy (non-hydrogen) atoms. The highest BCUT2D eigenvalue weighted by atomic mass is 32.2. The van der Waals surface area contributed by atoms with E-state index < -0.39 is 16.1 Å². The number of nitrogens with zero attached hydrogens (tertiary/aromatic N) is 2. The number of rotatable bonds is 9. The molecule has 0 aromatic heterocycles. The monoisotopic (exact) mass is 487 g/mol. The molecule has 1 saturated heterocycles. The molecule has 0 bridgehead atoms. The van der Waals surface area contributed by atoms with Crippen molar-refractivity contribution < 1.29 is 17.9 Å². The predicted molar refractivity (Wildman–Crippen MR) is 138 cm³/mol. The summed E-state index contributed by atoms with van der Waals surface area (Å²) >= 11 is 0. The van der Waals surface area contributed by atoms with Gasteiger partial charge in [-0.3, -0.25) is 9.10 Å². The molecule has 0 aliphatic carbocycles. The molecule has 8 heteroatoms. The van der Waals surface area contributed by atoms with Crippen LogP contribution in [0.25, 0.3) is 0 Å². The molecule has 0 unspecified atom stereocenters. The number of ether oxygens (including phenoxy) is 1. The summed E-state index contributed by atoms with van der Waals surface area (Å²) in [6.07, 6.45) is 3.54. The molecule has 186 valence electrons. The normalized spacial score (nSPS) is 18.1. The third kappa shape index (κ3) is 6.65. The first-order valence-electron chi connectivity index (χ1n) is 11.9. The quantitative estimate of drug-likeness (QED) is 0.569. The van der Waals surface area contributed by atoms with Gasteiger partial charge in [0.2, 0.25) is 10.0 Å². The lowest BCUT2D eigenvalue weighted by Crippen LogP contribution is -2.39. The number of piperidine rings is 1. The number of carbonyl (C=O) groups excluding carboxylic acids is 1. The van der Waals surface area contributed by atoms with Crippen LogP contribution in [-0.4, -0.2) is 46.8 Å². The minimum Gasteiger partial charge on any atom is -0.481 e. The van der Waals surface area contributed by atoms with Crippen LogP contribution in [0.4, 0.5) is 11.4 Å². The van der Waals surface area contributed by atoms with E-state index in [-0.39, 0.29) is 11.9 Å². The molecule has 1 heterocycles. The van der Waals surface area contributed by atoms with Crippen molar-refractivity contribution in [3.8, 4) is 5.75 Å². The van der Waals surface area contributed by atoms with Gasteiger partial charge in [-0.15, -0.1) is 0 Å². The first-order valence-corrected chi connectivity index (χ1v) is 13.8. The van der Waals surface area contributed by atoms with E-state index in [9.17, 15) is 13.2 Å². The zero-order valence-corrected chi connectivity index (χ0v) is 21.6. The molecule has 0 radical (unpaired) electrons. The van der Waals surface area contributed by atoms with Gasteiger partial charge in [-0.25, -0.2) is 8.42 Å². The molecule has 2 aromatic carbocycles. The molecule has 1 fully saturated rings. The standard InChI is InChI=1S/C26H37N3O4S/c1-6-25(33-24-15-13-22(14-16-24)28(4)34(5,31)32)26(30)27-20(3)21-9-11-23(12-10-21)29-17-7-8-19(2)18-29/h9-16,19-20,25H,6-8,17-18H2,1-5H3,(H,27,30)/t19-,20+,25-/m1/s1. The number of nitrogens with one attached hydrogen (secondary N) is 1. The molecule has 1 aliphatic rings. The number of hydrogen-bond donors (Lipinski definition) is 1. The van der Waals surface area contributed by atoms with Gasteiger partial charge in [-0.1, -0.05) is 26.0 Å². The van der Waals surface area contributed by atoms with E-state index in [2.05, 4.69) is 41.4 Å². The molecule has 1 amide bonds. The Hall–Kier alpha value is -2.74. The van der Waals surface area contributed by atoms with Crippen molar-refractivity contribution in [1.82, 2.24) is 5.32 Å². The first kappa shape index (κ1) is 25.9. The van der Waals surface area contributed by atoms with E-state index in [1.807, 2.05) is 13.8 Å². The Balaban J connectivity index is 1.59. The lowest BCUT2D eigenvalue weighted by molar-refractivity contribution is -0.128. The minimum absolute atomic E-state index is 0.148. The summed E-state index contributed by atoms with van der Waals surface area (Å²) in [5.41, 5.74) is 2.81. The van der Waals surface area contributed by atoms with Crippen LogP contribution in [0.3, 0.4) is 0 Å². The zero-order valence-electron chi connectivity index (χ0n) is 20.8. The van der Waals surface area contributed by atoms with Gasteiger partial charge >= 0.3 is 0 Å². The second kappa shape index (κ2) is 11.1. The van der Waals surface area contributed by atoms with Crippen LogP contribution in [0, 0.1) is 5.92 Å². The van der Waals surface area contributed by atoms with Crippen LogP contribution in [0.2, 0.25) is 0 Å². The third-order valence-electron chi connectivity index (χ3n) is 6.41. The molecular formula is C26H37N3O4S. The Morgan fingerprint density at radius 1 is 1.18 bits per heavy atom. The molecular weight excluding hydrogens is 450 g/mol. The van der Waals surface area contributed by atoms with Gasteiger partial charge in [0.1, 0.15) is 5.75 Å². The largest absolute Gasteiger partial charge is 0.481 e. The van der Waals surface area contributed by atoms with E-state index in [1.54, 1.807) is 24.3 Å². The van der Waals surface area contributed by atoms with Gasteiger partial charge in [0, 0.05) is 25.8 Å². The van der Waals surface area contributed by atoms with E-state index >= 15 is 0 Å². The van der Waals surface area contributed by atoms with Crippen LogP contribution in [-0.2, 0) is 14.8 Å². The second-order valence-corrected chi connectivity index (χ2v) is 11.3. The third-order valence-corrected chi connectivity index (χ3v) is 7.62. The van der Waals surface area contributed by atoms with E-state index in [4.69, 9.17) is 4.74 Å². The van der Waals surface area contributed by atoms with E-state index in [1.165, 1.54) is 29.9 Å². The average Bonchev–Trinajstić information content (AvgIpc) is 2.82. The van der Waals surface area contributed by atoms with Crippen LogP contribution < -0.4 is 19.3 Å². The van der Waals surface area contributed by atoms with Crippen molar-refractivity contribution in [2.24, 2.45) is 5.92 Å². The maximum absolute atomic E-state index is 12.9. The average molecular weight is 488 g/mol. The Kier molecular flexibility index (Phi) is 8.47. The van der Waals surface area contributed by atoms with Gasteiger partial charge in [0.05, 0.1) is 18.0 Å². The van der Waals surface area contributed by atoms with Crippen molar-refractivity contribution >= 4 is 27.3 Å². The molecule has 2 aromatic rings. The van der Waals surface area contributed by atoms with Crippen LogP contribution in [0.1, 0.15) is 51.6 Å². The van der Waals surface area contributed by atoms with Gasteiger partial charge in [0.15, 0.2) is 6.10 Å². The smallest absolute Gasteiger partial charge is 0.261 e.